The number of carbonyl (C=O) groups is 1. The van der Waals surface area contributed by atoms with Crippen molar-refractivity contribution in [2.45, 2.75) is 49.1 Å². The van der Waals surface area contributed by atoms with E-state index in [-0.39, 0.29) is 29.0 Å². The Morgan fingerprint density at radius 3 is 2.52 bits per heavy atom. The van der Waals surface area contributed by atoms with Crippen LogP contribution in [0.1, 0.15) is 38.1 Å². The van der Waals surface area contributed by atoms with Crippen LogP contribution in [0.25, 0.3) is 0 Å². The summed E-state index contributed by atoms with van der Waals surface area (Å²) < 4.78 is 26.3. The minimum atomic E-state index is -3.41. The highest BCUT2D eigenvalue weighted by molar-refractivity contribution is 7.91. The third kappa shape index (κ3) is 4.66. The number of amides is 1. The van der Waals surface area contributed by atoms with Crippen molar-refractivity contribution in [2.24, 2.45) is 0 Å². The number of hydrogen-bond acceptors (Lipinski definition) is 5. The summed E-state index contributed by atoms with van der Waals surface area (Å²) in [5.74, 6) is -0.374. The van der Waals surface area contributed by atoms with Crippen molar-refractivity contribution in [3.8, 4) is 0 Å². The molecule has 1 aliphatic rings. The molecule has 134 valence electrons. The lowest BCUT2D eigenvalue weighted by Crippen LogP contribution is -2.38. The van der Waals surface area contributed by atoms with Crippen LogP contribution < -0.4 is 5.32 Å². The molecule has 0 bridgehead atoms. The normalized spacial score (nSPS) is 21.0. The highest BCUT2D eigenvalue weighted by atomic mass is 32.2. The Hall–Kier alpha value is -2.22. The molecule has 2 aromatic rings. The number of carbonyl (C=O) groups excluding carboxylic acids is 1. The zero-order valence-corrected chi connectivity index (χ0v) is 14.7. The molecule has 25 heavy (non-hydrogen) atoms. The van der Waals surface area contributed by atoms with Crippen LogP contribution in [-0.4, -0.2) is 40.9 Å². The number of rotatable bonds is 6. The zero-order chi connectivity index (χ0) is 17.7. The summed E-state index contributed by atoms with van der Waals surface area (Å²) in [6, 6.07) is 8.67. The van der Waals surface area contributed by atoms with Gasteiger partial charge in [-0.2, -0.15) is 5.10 Å². The molecular formula is C17H22N4O3S. The van der Waals surface area contributed by atoms with Crippen LogP contribution in [0, 0.1) is 0 Å². The summed E-state index contributed by atoms with van der Waals surface area (Å²) in [5, 5.41) is 7.12. The first-order chi connectivity index (χ1) is 12.0. The number of nitrogens with one attached hydrogen (secondary N) is 1. The molecule has 1 heterocycles. The van der Waals surface area contributed by atoms with Gasteiger partial charge in [0.15, 0.2) is 9.84 Å². The van der Waals surface area contributed by atoms with Crippen molar-refractivity contribution in [3.05, 3.63) is 43.0 Å². The molecule has 7 nitrogen and oxygen atoms in total. The highest BCUT2D eigenvalue weighted by Gasteiger charge is 2.24. The van der Waals surface area contributed by atoms with Gasteiger partial charge < -0.3 is 5.32 Å². The largest absolute Gasteiger partial charge is 0.353 e. The molecule has 3 rings (SSSR count). The summed E-state index contributed by atoms with van der Waals surface area (Å²) in [5.41, 5.74) is 0. The second-order valence-electron chi connectivity index (χ2n) is 6.33. The van der Waals surface area contributed by atoms with E-state index in [4.69, 9.17) is 0 Å². The van der Waals surface area contributed by atoms with E-state index in [1.54, 1.807) is 36.7 Å². The van der Waals surface area contributed by atoms with Crippen molar-refractivity contribution in [3.63, 3.8) is 0 Å². The van der Waals surface area contributed by atoms with E-state index in [0.29, 0.717) is 6.04 Å². The Labute approximate surface area is 147 Å². The number of aromatic nitrogens is 3. The predicted molar refractivity (Wildman–Crippen MR) is 92.6 cm³/mol. The first-order valence-corrected chi connectivity index (χ1v) is 10.1. The highest BCUT2D eigenvalue weighted by Crippen LogP contribution is 2.27. The molecule has 0 aliphatic heterocycles. The molecular weight excluding hydrogens is 340 g/mol. The first-order valence-electron chi connectivity index (χ1n) is 8.46. The lowest BCUT2D eigenvalue weighted by Gasteiger charge is -2.29. The summed E-state index contributed by atoms with van der Waals surface area (Å²) in [6.07, 6.45) is 6.82. The molecule has 0 spiro atoms. The minimum absolute atomic E-state index is 0.0137. The van der Waals surface area contributed by atoms with Gasteiger partial charge in [0.1, 0.15) is 12.7 Å². The maximum absolute atomic E-state index is 12.2. The third-order valence-corrected chi connectivity index (χ3v) is 6.30. The Bertz CT molecular complexity index is 783. The van der Waals surface area contributed by atoms with Gasteiger partial charge in [-0.1, -0.05) is 18.2 Å². The van der Waals surface area contributed by atoms with Crippen molar-refractivity contribution < 1.29 is 13.2 Å². The Balaban J connectivity index is 1.44. The Morgan fingerprint density at radius 1 is 1.16 bits per heavy atom. The number of benzene rings is 1. The van der Waals surface area contributed by atoms with Crippen molar-refractivity contribution in [2.75, 3.05) is 5.75 Å². The number of hydrogen-bond donors (Lipinski definition) is 1. The van der Waals surface area contributed by atoms with Crippen molar-refractivity contribution >= 4 is 15.7 Å². The molecule has 1 amide bonds. The van der Waals surface area contributed by atoms with Gasteiger partial charge in [0.25, 0.3) is 0 Å². The molecule has 1 N–H and O–H groups in total. The van der Waals surface area contributed by atoms with Crippen LogP contribution in [-0.2, 0) is 14.6 Å². The van der Waals surface area contributed by atoms with Gasteiger partial charge in [-0.25, -0.2) is 18.1 Å². The van der Waals surface area contributed by atoms with E-state index in [2.05, 4.69) is 15.4 Å². The molecule has 1 aromatic carbocycles. The maximum Gasteiger partial charge on any atom is 0.221 e. The fourth-order valence-electron chi connectivity index (χ4n) is 3.16. The standard InChI is InChI=1S/C17H22N4O3S/c22-17(10-11-25(23,24)16-4-2-1-3-5-16)20-14-6-8-15(9-7-14)21-13-18-12-19-21/h1-5,12-15H,6-11H2,(H,20,22). The van der Waals surface area contributed by atoms with E-state index < -0.39 is 9.84 Å². The van der Waals surface area contributed by atoms with Crippen molar-refractivity contribution in [1.29, 1.82) is 0 Å². The Morgan fingerprint density at radius 2 is 1.88 bits per heavy atom. The third-order valence-electron chi connectivity index (χ3n) is 4.57. The van der Waals surface area contributed by atoms with Gasteiger partial charge in [0.2, 0.25) is 5.91 Å². The molecule has 1 fully saturated rings. The first kappa shape index (κ1) is 17.6. The van der Waals surface area contributed by atoms with E-state index in [9.17, 15) is 13.2 Å². The van der Waals surface area contributed by atoms with E-state index in [0.717, 1.165) is 25.7 Å². The van der Waals surface area contributed by atoms with Gasteiger partial charge in [-0.3, -0.25) is 4.79 Å². The maximum atomic E-state index is 12.2. The average molecular weight is 362 g/mol. The second-order valence-corrected chi connectivity index (χ2v) is 8.44. The summed E-state index contributed by atoms with van der Waals surface area (Å²) >= 11 is 0. The van der Waals surface area contributed by atoms with Crippen LogP contribution in [0.5, 0.6) is 0 Å². The van der Waals surface area contributed by atoms with Gasteiger partial charge in [0.05, 0.1) is 16.7 Å². The van der Waals surface area contributed by atoms with Gasteiger partial charge >= 0.3 is 0 Å². The number of sulfone groups is 1. The molecule has 0 radical (unpaired) electrons. The second kappa shape index (κ2) is 7.77. The molecule has 1 aromatic heterocycles. The SMILES string of the molecule is O=C(CCS(=O)(=O)c1ccccc1)NC1CCC(n2cncn2)CC1. The summed E-state index contributed by atoms with van der Waals surface area (Å²) in [4.78, 5) is 16.3. The smallest absolute Gasteiger partial charge is 0.221 e. The van der Waals surface area contributed by atoms with Gasteiger partial charge in [-0.15, -0.1) is 0 Å². The lowest BCUT2D eigenvalue weighted by atomic mass is 9.91. The Kier molecular flexibility index (Phi) is 5.47. The van der Waals surface area contributed by atoms with E-state index in [1.807, 2.05) is 4.68 Å². The lowest BCUT2D eigenvalue weighted by molar-refractivity contribution is -0.121. The molecule has 0 atom stereocenters. The number of nitrogens with zero attached hydrogens (tertiary/aromatic N) is 3. The molecule has 0 saturated heterocycles. The van der Waals surface area contributed by atoms with Gasteiger partial charge in [0, 0.05) is 12.5 Å². The molecule has 0 unspecified atom stereocenters. The van der Waals surface area contributed by atoms with Crippen molar-refractivity contribution in [1.82, 2.24) is 20.1 Å². The quantitative estimate of drug-likeness (QED) is 0.845. The average Bonchev–Trinajstić information content (AvgIpc) is 3.16. The molecule has 8 heteroatoms. The molecule has 1 saturated carbocycles. The fraction of sp³-hybridized carbons (Fsp3) is 0.471. The van der Waals surface area contributed by atoms with Gasteiger partial charge in [-0.05, 0) is 37.8 Å². The predicted octanol–water partition coefficient (Wildman–Crippen LogP) is 1.74. The van der Waals surface area contributed by atoms with E-state index >= 15 is 0 Å². The van der Waals surface area contributed by atoms with Crippen LogP contribution in [0.3, 0.4) is 0 Å². The van der Waals surface area contributed by atoms with E-state index in [1.165, 1.54) is 6.33 Å². The minimum Gasteiger partial charge on any atom is -0.353 e. The van der Waals surface area contributed by atoms with Crippen LogP contribution >= 0.6 is 0 Å². The molecule has 1 aliphatic carbocycles. The monoisotopic (exact) mass is 362 g/mol. The summed E-state index contributed by atoms with van der Waals surface area (Å²) in [6.45, 7) is 0. The topological polar surface area (TPSA) is 94.0 Å². The van der Waals surface area contributed by atoms with Crippen LogP contribution in [0.2, 0.25) is 0 Å². The van der Waals surface area contributed by atoms with Crippen LogP contribution in [0.4, 0.5) is 0 Å². The van der Waals surface area contributed by atoms with Crippen LogP contribution in [0.15, 0.2) is 47.9 Å². The zero-order valence-electron chi connectivity index (χ0n) is 13.9. The fourth-order valence-corrected chi connectivity index (χ4v) is 4.42. The summed E-state index contributed by atoms with van der Waals surface area (Å²) in [7, 11) is -3.41.